The number of aromatic nitrogens is 1. The number of piperazine rings is 1. The molecule has 1 aromatic heterocycles. The molecule has 0 radical (unpaired) electrons. The fourth-order valence-electron chi connectivity index (χ4n) is 3.35. The molecule has 0 bridgehead atoms. The fourth-order valence-corrected chi connectivity index (χ4v) is 3.35. The van der Waals surface area contributed by atoms with Crippen molar-refractivity contribution in [2.45, 2.75) is 0 Å². The van der Waals surface area contributed by atoms with Crippen molar-refractivity contribution in [3.8, 4) is 22.9 Å². The molecular formula is C21H23N5O4. The molecule has 2 aromatic rings. The first-order chi connectivity index (χ1) is 14.3. The van der Waals surface area contributed by atoms with E-state index in [9.17, 15) is 14.9 Å². The molecule has 0 saturated carbocycles. The van der Waals surface area contributed by atoms with E-state index in [2.05, 4.69) is 11.1 Å². The zero-order valence-corrected chi connectivity index (χ0v) is 17.1. The number of methoxy groups -OCH3 is 1. The van der Waals surface area contributed by atoms with Crippen molar-refractivity contribution in [3.05, 3.63) is 41.6 Å². The normalized spacial score (nSPS) is 13.5. The van der Waals surface area contributed by atoms with Crippen LogP contribution in [0.15, 0.2) is 30.5 Å². The van der Waals surface area contributed by atoms with Crippen molar-refractivity contribution in [1.82, 2.24) is 14.8 Å². The molecular weight excluding hydrogens is 386 g/mol. The summed E-state index contributed by atoms with van der Waals surface area (Å²) in [7, 11) is 4.85. The summed E-state index contributed by atoms with van der Waals surface area (Å²) in [6.07, 6.45) is 0.728. The minimum absolute atomic E-state index is 0.162. The van der Waals surface area contributed by atoms with Crippen LogP contribution in [0.4, 0.5) is 10.6 Å². The predicted molar refractivity (Wildman–Crippen MR) is 111 cm³/mol. The quantitative estimate of drug-likeness (QED) is 0.824. The number of carboxylic acid groups (broad SMARTS) is 1. The molecule has 1 aliphatic heterocycles. The smallest absolute Gasteiger partial charge is 0.407 e. The predicted octanol–water partition coefficient (Wildman–Crippen LogP) is 2.13. The fraction of sp³-hybridized carbons (Fsp3) is 0.333. The highest BCUT2D eigenvalue weighted by molar-refractivity contribution is 5.97. The van der Waals surface area contributed by atoms with E-state index in [1.165, 1.54) is 16.9 Å². The molecule has 30 heavy (non-hydrogen) atoms. The summed E-state index contributed by atoms with van der Waals surface area (Å²) in [6.45, 7) is 1.68. The number of nitrogens with zero attached hydrogens (tertiary/aromatic N) is 5. The zero-order valence-electron chi connectivity index (χ0n) is 17.1. The first-order valence-electron chi connectivity index (χ1n) is 9.38. The van der Waals surface area contributed by atoms with Gasteiger partial charge in [0.15, 0.2) is 0 Å². The van der Waals surface area contributed by atoms with Crippen molar-refractivity contribution in [3.63, 3.8) is 0 Å². The number of nitriles is 1. The number of hydrogen-bond donors (Lipinski definition) is 1. The van der Waals surface area contributed by atoms with Crippen LogP contribution >= 0.6 is 0 Å². The van der Waals surface area contributed by atoms with Gasteiger partial charge in [0.25, 0.3) is 5.91 Å². The Labute approximate surface area is 174 Å². The lowest BCUT2D eigenvalue weighted by atomic mass is 10.0. The number of benzene rings is 1. The van der Waals surface area contributed by atoms with Crippen LogP contribution in [0.5, 0.6) is 5.75 Å². The Bertz CT molecular complexity index is 1010. The SMILES string of the molecule is COc1cc(-c2cnc(N3CCN(C(=O)O)CC3)c(C#N)c2)ccc1C(=O)N(C)C. The average Bonchev–Trinajstić information content (AvgIpc) is 2.77. The molecule has 2 heterocycles. The molecule has 0 aliphatic carbocycles. The monoisotopic (exact) mass is 409 g/mol. The molecule has 1 aromatic carbocycles. The van der Waals surface area contributed by atoms with Gasteiger partial charge >= 0.3 is 6.09 Å². The lowest BCUT2D eigenvalue weighted by Crippen LogP contribution is -2.48. The summed E-state index contributed by atoms with van der Waals surface area (Å²) in [4.78, 5) is 32.6. The molecule has 1 N–H and O–H groups in total. The van der Waals surface area contributed by atoms with Gasteiger partial charge in [0, 0.05) is 52.0 Å². The summed E-state index contributed by atoms with van der Waals surface area (Å²) in [6, 6.07) is 9.17. The number of rotatable bonds is 4. The summed E-state index contributed by atoms with van der Waals surface area (Å²) < 4.78 is 5.39. The third-order valence-corrected chi connectivity index (χ3v) is 5.01. The Balaban J connectivity index is 1.89. The van der Waals surface area contributed by atoms with Gasteiger partial charge in [-0.05, 0) is 23.8 Å². The number of amides is 2. The van der Waals surface area contributed by atoms with Gasteiger partial charge in [-0.2, -0.15) is 5.26 Å². The number of hydrogen-bond acceptors (Lipinski definition) is 6. The van der Waals surface area contributed by atoms with Crippen molar-refractivity contribution in [1.29, 1.82) is 5.26 Å². The second kappa shape index (κ2) is 8.69. The van der Waals surface area contributed by atoms with Crippen LogP contribution in [0.3, 0.4) is 0 Å². The van der Waals surface area contributed by atoms with E-state index in [4.69, 9.17) is 9.84 Å². The van der Waals surface area contributed by atoms with Crippen LogP contribution in [0.1, 0.15) is 15.9 Å². The zero-order chi connectivity index (χ0) is 21.8. The van der Waals surface area contributed by atoms with Gasteiger partial charge in [-0.3, -0.25) is 4.79 Å². The van der Waals surface area contributed by atoms with Crippen LogP contribution in [0.2, 0.25) is 0 Å². The molecule has 9 heteroatoms. The molecule has 1 fully saturated rings. The van der Waals surface area contributed by atoms with E-state index in [0.717, 1.165) is 11.1 Å². The highest BCUT2D eigenvalue weighted by atomic mass is 16.5. The van der Waals surface area contributed by atoms with Crippen LogP contribution in [0, 0.1) is 11.3 Å². The third kappa shape index (κ3) is 4.12. The first-order valence-corrected chi connectivity index (χ1v) is 9.38. The Morgan fingerprint density at radius 3 is 2.43 bits per heavy atom. The van der Waals surface area contributed by atoms with E-state index < -0.39 is 6.09 Å². The maximum Gasteiger partial charge on any atom is 0.407 e. The van der Waals surface area contributed by atoms with Crippen LogP contribution in [0.25, 0.3) is 11.1 Å². The second-order valence-corrected chi connectivity index (χ2v) is 7.08. The van der Waals surface area contributed by atoms with Gasteiger partial charge in [-0.1, -0.05) is 6.07 Å². The minimum Gasteiger partial charge on any atom is -0.496 e. The molecule has 156 valence electrons. The molecule has 2 amide bonds. The number of pyridine rings is 1. The van der Waals surface area contributed by atoms with E-state index >= 15 is 0 Å². The van der Waals surface area contributed by atoms with Crippen molar-refractivity contribution in [2.75, 3.05) is 52.3 Å². The van der Waals surface area contributed by atoms with Gasteiger partial charge in [0.05, 0.1) is 18.2 Å². The van der Waals surface area contributed by atoms with E-state index in [-0.39, 0.29) is 5.91 Å². The molecule has 0 atom stereocenters. The molecule has 0 unspecified atom stereocenters. The van der Waals surface area contributed by atoms with Gasteiger partial charge in [0.2, 0.25) is 0 Å². The van der Waals surface area contributed by atoms with Crippen LogP contribution in [-0.2, 0) is 0 Å². The Kier molecular flexibility index (Phi) is 6.06. The molecule has 9 nitrogen and oxygen atoms in total. The highest BCUT2D eigenvalue weighted by Gasteiger charge is 2.23. The number of anilines is 1. The Hall–Kier alpha value is -3.80. The Morgan fingerprint density at radius 2 is 1.87 bits per heavy atom. The summed E-state index contributed by atoms with van der Waals surface area (Å²) in [5.41, 5.74) is 2.35. The van der Waals surface area contributed by atoms with Crippen molar-refractivity contribution < 1.29 is 19.4 Å². The van der Waals surface area contributed by atoms with E-state index in [1.54, 1.807) is 44.6 Å². The topological polar surface area (TPSA) is 110 Å². The number of ether oxygens (including phenoxy) is 1. The number of carbonyl (C=O) groups is 2. The standard InChI is InChI=1S/C21H23N5O4/c1-24(2)20(27)17-5-4-14(11-18(17)30-3)16-10-15(12-22)19(23-13-16)25-6-8-26(9-7-25)21(28)29/h4-5,10-11,13H,6-9H2,1-3H3,(H,28,29). The molecule has 1 aliphatic rings. The second-order valence-electron chi connectivity index (χ2n) is 7.08. The van der Waals surface area contributed by atoms with Crippen molar-refractivity contribution in [2.24, 2.45) is 0 Å². The van der Waals surface area contributed by atoms with Gasteiger partial charge in [-0.15, -0.1) is 0 Å². The van der Waals surface area contributed by atoms with Gasteiger partial charge in [0.1, 0.15) is 17.6 Å². The molecule has 3 rings (SSSR count). The lowest BCUT2D eigenvalue weighted by Gasteiger charge is -2.34. The maximum absolute atomic E-state index is 12.3. The first kappa shape index (κ1) is 20.9. The average molecular weight is 409 g/mol. The van der Waals surface area contributed by atoms with Crippen molar-refractivity contribution >= 4 is 17.8 Å². The largest absolute Gasteiger partial charge is 0.496 e. The van der Waals surface area contributed by atoms with E-state index in [0.29, 0.717) is 48.9 Å². The Morgan fingerprint density at radius 1 is 1.17 bits per heavy atom. The van der Waals surface area contributed by atoms with Gasteiger partial charge < -0.3 is 24.5 Å². The van der Waals surface area contributed by atoms with Gasteiger partial charge in [-0.25, -0.2) is 9.78 Å². The number of carbonyl (C=O) groups excluding carboxylic acids is 1. The van der Waals surface area contributed by atoms with Crippen LogP contribution in [-0.4, -0.2) is 79.3 Å². The lowest BCUT2D eigenvalue weighted by molar-refractivity contribution is 0.0824. The van der Waals surface area contributed by atoms with Crippen LogP contribution < -0.4 is 9.64 Å². The summed E-state index contributed by atoms with van der Waals surface area (Å²) >= 11 is 0. The highest BCUT2D eigenvalue weighted by Crippen LogP contribution is 2.30. The molecule has 0 spiro atoms. The third-order valence-electron chi connectivity index (χ3n) is 5.01. The maximum atomic E-state index is 12.3. The summed E-state index contributed by atoms with van der Waals surface area (Å²) in [5, 5.41) is 18.7. The minimum atomic E-state index is -0.941. The molecule has 1 saturated heterocycles. The summed E-state index contributed by atoms with van der Waals surface area (Å²) in [5.74, 6) is 0.821. The van der Waals surface area contributed by atoms with E-state index in [1.807, 2.05) is 4.90 Å².